The number of aromatic nitrogens is 1. The van der Waals surface area contributed by atoms with Crippen LogP contribution < -0.4 is 5.32 Å². The Morgan fingerprint density at radius 1 is 1.10 bits per heavy atom. The van der Waals surface area contributed by atoms with E-state index in [4.69, 9.17) is 5.26 Å². The SMILES string of the molecule is N#Cc1ccc(CNc2nc3c(cc2C#N)CCC3)cc1. The number of hydrogen-bond donors (Lipinski definition) is 1. The highest BCUT2D eigenvalue weighted by Gasteiger charge is 2.16. The molecule has 0 amide bonds. The number of nitriles is 2. The van der Waals surface area contributed by atoms with Crippen molar-refractivity contribution < 1.29 is 0 Å². The third kappa shape index (κ3) is 2.70. The summed E-state index contributed by atoms with van der Waals surface area (Å²) < 4.78 is 0. The van der Waals surface area contributed by atoms with Crippen LogP contribution >= 0.6 is 0 Å². The fourth-order valence-corrected chi connectivity index (χ4v) is 2.57. The first-order valence-corrected chi connectivity index (χ1v) is 6.96. The van der Waals surface area contributed by atoms with Gasteiger partial charge in [0.25, 0.3) is 0 Å². The number of rotatable bonds is 3. The zero-order valence-electron chi connectivity index (χ0n) is 11.6. The second kappa shape index (κ2) is 5.64. The van der Waals surface area contributed by atoms with Crippen molar-refractivity contribution in [3.63, 3.8) is 0 Å². The Balaban J connectivity index is 1.78. The van der Waals surface area contributed by atoms with E-state index in [0.717, 1.165) is 30.5 Å². The highest BCUT2D eigenvalue weighted by Crippen LogP contribution is 2.25. The van der Waals surface area contributed by atoms with Gasteiger partial charge in [0.05, 0.1) is 17.2 Å². The molecule has 21 heavy (non-hydrogen) atoms. The average Bonchev–Trinajstić information content (AvgIpc) is 2.99. The summed E-state index contributed by atoms with van der Waals surface area (Å²) in [5, 5.41) is 21.3. The molecule has 1 aliphatic rings. The molecule has 2 aromatic rings. The number of nitrogens with one attached hydrogen (secondary N) is 1. The minimum atomic E-state index is 0.589. The molecule has 1 heterocycles. The van der Waals surface area contributed by atoms with Crippen LogP contribution in [-0.4, -0.2) is 4.98 Å². The molecule has 1 aliphatic carbocycles. The fourth-order valence-electron chi connectivity index (χ4n) is 2.57. The van der Waals surface area contributed by atoms with Crippen molar-refractivity contribution in [1.29, 1.82) is 10.5 Å². The molecule has 4 nitrogen and oxygen atoms in total. The first kappa shape index (κ1) is 13.1. The Bertz CT molecular complexity index is 748. The molecular weight excluding hydrogens is 260 g/mol. The van der Waals surface area contributed by atoms with Crippen LogP contribution in [0.3, 0.4) is 0 Å². The van der Waals surface area contributed by atoms with Crippen LogP contribution in [0.4, 0.5) is 5.82 Å². The normalized spacial score (nSPS) is 12.3. The van der Waals surface area contributed by atoms with Crippen LogP contribution in [0.15, 0.2) is 30.3 Å². The van der Waals surface area contributed by atoms with Gasteiger partial charge in [-0.2, -0.15) is 10.5 Å². The highest BCUT2D eigenvalue weighted by molar-refractivity contribution is 5.55. The van der Waals surface area contributed by atoms with Crippen LogP contribution in [0, 0.1) is 22.7 Å². The van der Waals surface area contributed by atoms with Crippen LogP contribution in [0.2, 0.25) is 0 Å². The standard InChI is InChI=1S/C17H14N4/c18-9-12-4-6-13(7-5-12)11-20-17-15(10-19)8-14-2-1-3-16(14)21-17/h4-8H,1-3,11H2,(H,20,21). The molecule has 0 spiro atoms. The molecule has 0 unspecified atom stereocenters. The zero-order chi connectivity index (χ0) is 14.7. The van der Waals surface area contributed by atoms with Gasteiger partial charge in [0, 0.05) is 12.2 Å². The quantitative estimate of drug-likeness (QED) is 0.934. The number of aryl methyl sites for hydroxylation is 2. The Morgan fingerprint density at radius 2 is 1.90 bits per heavy atom. The maximum absolute atomic E-state index is 9.25. The molecule has 0 aliphatic heterocycles. The Labute approximate surface area is 123 Å². The summed E-state index contributed by atoms with van der Waals surface area (Å²) in [6.07, 6.45) is 3.13. The van der Waals surface area contributed by atoms with Gasteiger partial charge in [-0.05, 0) is 48.6 Å². The van der Waals surface area contributed by atoms with Gasteiger partial charge >= 0.3 is 0 Å². The predicted octanol–water partition coefficient (Wildman–Crippen LogP) is 2.93. The van der Waals surface area contributed by atoms with Gasteiger partial charge in [-0.1, -0.05) is 12.1 Å². The number of fused-ring (bicyclic) bond motifs is 1. The van der Waals surface area contributed by atoms with Gasteiger partial charge in [0.15, 0.2) is 0 Å². The molecule has 0 saturated heterocycles. The maximum atomic E-state index is 9.25. The van der Waals surface area contributed by atoms with Crippen molar-refractivity contribution in [3.8, 4) is 12.1 Å². The largest absolute Gasteiger partial charge is 0.365 e. The van der Waals surface area contributed by atoms with E-state index < -0.39 is 0 Å². The maximum Gasteiger partial charge on any atom is 0.144 e. The van der Waals surface area contributed by atoms with E-state index in [-0.39, 0.29) is 0 Å². The Kier molecular flexibility index (Phi) is 3.53. The van der Waals surface area contributed by atoms with Crippen LogP contribution in [0.25, 0.3) is 0 Å². The van der Waals surface area contributed by atoms with E-state index >= 15 is 0 Å². The lowest BCUT2D eigenvalue weighted by Crippen LogP contribution is -2.05. The van der Waals surface area contributed by atoms with Gasteiger partial charge in [-0.3, -0.25) is 0 Å². The van der Waals surface area contributed by atoms with E-state index in [2.05, 4.69) is 22.4 Å². The smallest absolute Gasteiger partial charge is 0.144 e. The Hall–Kier alpha value is -2.85. The second-order valence-electron chi connectivity index (χ2n) is 5.12. The number of nitrogens with zero attached hydrogens (tertiary/aromatic N) is 3. The number of anilines is 1. The van der Waals surface area contributed by atoms with E-state index in [0.29, 0.717) is 23.5 Å². The predicted molar refractivity (Wildman–Crippen MR) is 79.5 cm³/mol. The molecule has 4 heteroatoms. The summed E-state index contributed by atoms with van der Waals surface area (Å²) in [5.41, 5.74) is 4.61. The van der Waals surface area contributed by atoms with Crippen molar-refractivity contribution in [3.05, 3.63) is 58.3 Å². The molecule has 1 aromatic heterocycles. The third-order valence-corrected chi connectivity index (χ3v) is 3.71. The summed E-state index contributed by atoms with van der Waals surface area (Å²) >= 11 is 0. The molecule has 1 aromatic carbocycles. The molecule has 102 valence electrons. The number of pyridine rings is 1. The molecule has 3 rings (SSSR count). The summed E-state index contributed by atoms with van der Waals surface area (Å²) in [6.45, 7) is 0.589. The van der Waals surface area contributed by atoms with E-state index in [1.54, 1.807) is 12.1 Å². The van der Waals surface area contributed by atoms with Crippen molar-refractivity contribution in [1.82, 2.24) is 4.98 Å². The monoisotopic (exact) mass is 274 g/mol. The van der Waals surface area contributed by atoms with Gasteiger partial charge < -0.3 is 5.32 Å². The minimum absolute atomic E-state index is 0.589. The first-order chi connectivity index (χ1) is 10.3. The summed E-state index contributed by atoms with van der Waals surface area (Å²) in [6, 6.07) is 13.7. The van der Waals surface area contributed by atoms with Gasteiger partial charge in [0.1, 0.15) is 11.9 Å². The molecule has 0 radical (unpaired) electrons. The molecule has 0 fully saturated rings. The lowest BCUT2D eigenvalue weighted by molar-refractivity contribution is 0.899. The fraction of sp³-hybridized carbons (Fsp3) is 0.235. The minimum Gasteiger partial charge on any atom is -0.365 e. The second-order valence-corrected chi connectivity index (χ2v) is 5.12. The van der Waals surface area contributed by atoms with Crippen LogP contribution in [-0.2, 0) is 19.4 Å². The van der Waals surface area contributed by atoms with E-state index in [1.165, 1.54) is 5.56 Å². The average molecular weight is 274 g/mol. The van der Waals surface area contributed by atoms with Gasteiger partial charge in [0.2, 0.25) is 0 Å². The summed E-state index contributed by atoms with van der Waals surface area (Å²) in [7, 11) is 0. The van der Waals surface area contributed by atoms with Crippen molar-refractivity contribution in [2.45, 2.75) is 25.8 Å². The highest BCUT2D eigenvalue weighted by atomic mass is 15.0. The lowest BCUT2D eigenvalue weighted by atomic mass is 10.1. The van der Waals surface area contributed by atoms with Crippen molar-refractivity contribution in [2.75, 3.05) is 5.32 Å². The van der Waals surface area contributed by atoms with Gasteiger partial charge in [-0.15, -0.1) is 0 Å². The van der Waals surface area contributed by atoms with Crippen molar-refractivity contribution >= 4 is 5.82 Å². The third-order valence-electron chi connectivity index (χ3n) is 3.71. The molecule has 0 bridgehead atoms. The molecule has 0 saturated carbocycles. The lowest BCUT2D eigenvalue weighted by Gasteiger charge is -2.10. The number of hydrogen-bond acceptors (Lipinski definition) is 4. The van der Waals surface area contributed by atoms with E-state index in [9.17, 15) is 5.26 Å². The van der Waals surface area contributed by atoms with Crippen LogP contribution in [0.5, 0.6) is 0 Å². The Morgan fingerprint density at radius 3 is 2.62 bits per heavy atom. The number of benzene rings is 1. The molecular formula is C17H14N4. The zero-order valence-corrected chi connectivity index (χ0v) is 11.6. The summed E-state index contributed by atoms with van der Waals surface area (Å²) in [5.74, 6) is 0.655. The molecule has 1 N–H and O–H groups in total. The van der Waals surface area contributed by atoms with Crippen molar-refractivity contribution in [2.24, 2.45) is 0 Å². The molecule has 0 atom stereocenters. The van der Waals surface area contributed by atoms with Gasteiger partial charge in [-0.25, -0.2) is 4.98 Å². The summed E-state index contributed by atoms with van der Waals surface area (Å²) in [4.78, 5) is 4.59. The first-order valence-electron chi connectivity index (χ1n) is 6.96. The topological polar surface area (TPSA) is 72.5 Å². The van der Waals surface area contributed by atoms with E-state index in [1.807, 2.05) is 18.2 Å². The van der Waals surface area contributed by atoms with Crippen LogP contribution in [0.1, 0.15) is 34.4 Å².